The monoisotopic (exact) mass is 421 g/mol. The van der Waals surface area contributed by atoms with Gasteiger partial charge in [0.05, 0.1) is 36.6 Å². The Kier molecular flexibility index (Phi) is 5.10. The zero-order valence-electron chi connectivity index (χ0n) is 15.5. The van der Waals surface area contributed by atoms with Gasteiger partial charge in [0.15, 0.2) is 0 Å². The minimum Gasteiger partial charge on any atom is -0.300 e. The van der Waals surface area contributed by atoms with Crippen molar-refractivity contribution in [3.63, 3.8) is 0 Å². The Morgan fingerprint density at radius 1 is 0.828 bits per heavy atom. The van der Waals surface area contributed by atoms with E-state index in [-0.39, 0.29) is 18.0 Å². The molecular formula is C21H20F3N2O2S+. The zero-order valence-corrected chi connectivity index (χ0v) is 16.3. The van der Waals surface area contributed by atoms with E-state index in [4.69, 9.17) is 0 Å². The van der Waals surface area contributed by atoms with Crippen LogP contribution < -0.4 is 4.90 Å². The number of hydrogen-bond acceptors (Lipinski definition) is 2. The molecule has 1 saturated heterocycles. The van der Waals surface area contributed by atoms with Crippen LogP contribution in [0.5, 0.6) is 0 Å². The Morgan fingerprint density at radius 3 is 2.21 bits per heavy atom. The van der Waals surface area contributed by atoms with E-state index in [0.717, 1.165) is 27.8 Å². The summed E-state index contributed by atoms with van der Waals surface area (Å²) in [6, 6.07) is 17.8. The van der Waals surface area contributed by atoms with Crippen LogP contribution in [0.25, 0.3) is 10.8 Å². The summed E-state index contributed by atoms with van der Waals surface area (Å²) in [6.45, 7) is 1.32. The van der Waals surface area contributed by atoms with E-state index in [9.17, 15) is 21.6 Å². The van der Waals surface area contributed by atoms with Crippen LogP contribution in [0.1, 0.15) is 5.56 Å². The van der Waals surface area contributed by atoms with Crippen molar-refractivity contribution in [3.8, 4) is 0 Å². The number of sulfonamides is 1. The second-order valence-corrected chi connectivity index (χ2v) is 9.03. The molecule has 0 aliphatic carbocycles. The highest BCUT2D eigenvalue weighted by atomic mass is 32.2. The lowest BCUT2D eigenvalue weighted by atomic mass is 10.1. The molecule has 1 heterocycles. The number of hydrogen-bond donors (Lipinski definition) is 1. The van der Waals surface area contributed by atoms with Gasteiger partial charge in [-0.1, -0.05) is 36.4 Å². The largest absolute Gasteiger partial charge is 0.416 e. The second-order valence-electron chi connectivity index (χ2n) is 7.10. The predicted octanol–water partition coefficient (Wildman–Crippen LogP) is 3.08. The minimum atomic E-state index is -4.39. The summed E-state index contributed by atoms with van der Waals surface area (Å²) in [5, 5.41) is 1.81. The van der Waals surface area contributed by atoms with Crippen molar-refractivity contribution in [1.29, 1.82) is 0 Å². The predicted molar refractivity (Wildman–Crippen MR) is 105 cm³/mol. The smallest absolute Gasteiger partial charge is 0.300 e. The summed E-state index contributed by atoms with van der Waals surface area (Å²) in [5.74, 6) is 0. The molecule has 0 atom stereocenters. The quantitative estimate of drug-likeness (QED) is 0.706. The van der Waals surface area contributed by atoms with E-state index in [1.54, 1.807) is 24.3 Å². The van der Waals surface area contributed by atoms with Gasteiger partial charge in [-0.25, -0.2) is 8.42 Å². The molecule has 152 valence electrons. The topological polar surface area (TPSA) is 41.8 Å². The van der Waals surface area contributed by atoms with Crippen molar-refractivity contribution >= 4 is 26.5 Å². The first-order valence-electron chi connectivity index (χ1n) is 9.26. The molecular weight excluding hydrogens is 401 g/mol. The van der Waals surface area contributed by atoms with Gasteiger partial charge >= 0.3 is 6.18 Å². The third-order valence-electron chi connectivity index (χ3n) is 5.28. The fourth-order valence-corrected chi connectivity index (χ4v) is 5.15. The van der Waals surface area contributed by atoms with Crippen molar-refractivity contribution in [2.24, 2.45) is 0 Å². The van der Waals surface area contributed by atoms with Crippen LogP contribution in [-0.4, -0.2) is 38.9 Å². The molecule has 1 aliphatic heterocycles. The number of nitrogens with zero attached hydrogens (tertiary/aromatic N) is 1. The van der Waals surface area contributed by atoms with Crippen LogP contribution in [-0.2, 0) is 16.2 Å². The molecule has 29 heavy (non-hydrogen) atoms. The molecule has 3 aromatic rings. The lowest BCUT2D eigenvalue weighted by Crippen LogP contribution is -3.10. The number of fused-ring (bicyclic) bond motifs is 1. The highest BCUT2D eigenvalue weighted by Crippen LogP contribution is 2.30. The molecule has 8 heteroatoms. The molecule has 0 saturated carbocycles. The molecule has 1 N–H and O–H groups in total. The SMILES string of the molecule is O=S(=O)(c1ccc2ccccc2c1)N1CC[NH+](c2cccc(C(F)(F)F)c2)CC1. The van der Waals surface area contributed by atoms with E-state index >= 15 is 0 Å². The van der Waals surface area contributed by atoms with Gasteiger partial charge in [0.1, 0.15) is 5.69 Å². The molecule has 0 aromatic heterocycles. The molecule has 4 rings (SSSR count). The molecule has 0 unspecified atom stereocenters. The van der Waals surface area contributed by atoms with Crippen LogP contribution in [0.4, 0.5) is 18.9 Å². The Labute approximate surface area is 167 Å². The first-order valence-corrected chi connectivity index (χ1v) is 10.7. The van der Waals surface area contributed by atoms with Crippen LogP contribution in [0.2, 0.25) is 0 Å². The summed E-state index contributed by atoms with van der Waals surface area (Å²) in [6.07, 6.45) is -4.39. The molecule has 4 nitrogen and oxygen atoms in total. The van der Waals surface area contributed by atoms with E-state index in [1.165, 1.54) is 10.4 Å². The average Bonchev–Trinajstić information content (AvgIpc) is 2.73. The number of nitrogens with one attached hydrogen (secondary N) is 1. The lowest BCUT2D eigenvalue weighted by Gasteiger charge is -2.31. The highest BCUT2D eigenvalue weighted by molar-refractivity contribution is 7.89. The molecule has 0 radical (unpaired) electrons. The number of quaternary nitrogens is 1. The van der Waals surface area contributed by atoms with Crippen molar-refractivity contribution in [1.82, 2.24) is 4.31 Å². The Bertz CT molecular complexity index is 1140. The van der Waals surface area contributed by atoms with Gasteiger partial charge < -0.3 is 4.90 Å². The second kappa shape index (κ2) is 7.44. The lowest BCUT2D eigenvalue weighted by molar-refractivity contribution is -0.837. The van der Waals surface area contributed by atoms with Gasteiger partial charge in [0, 0.05) is 6.07 Å². The third-order valence-corrected chi connectivity index (χ3v) is 7.18. The van der Waals surface area contributed by atoms with E-state index < -0.39 is 21.8 Å². The van der Waals surface area contributed by atoms with Crippen LogP contribution in [0, 0.1) is 0 Å². The van der Waals surface area contributed by atoms with Gasteiger partial charge in [-0.05, 0) is 35.0 Å². The van der Waals surface area contributed by atoms with Gasteiger partial charge in [0.2, 0.25) is 10.0 Å². The standard InChI is InChI=1S/C21H19F3N2O2S/c22-21(23,24)18-6-3-7-19(15-18)25-10-12-26(13-11-25)29(27,28)20-9-8-16-4-1-2-5-17(16)14-20/h1-9,14-15H,10-13H2/p+1. The minimum absolute atomic E-state index is 0.235. The maximum Gasteiger partial charge on any atom is 0.416 e. The summed E-state index contributed by atoms with van der Waals surface area (Å²) >= 11 is 0. The summed E-state index contributed by atoms with van der Waals surface area (Å²) in [7, 11) is -3.65. The fourth-order valence-electron chi connectivity index (χ4n) is 3.68. The van der Waals surface area contributed by atoms with E-state index in [0.29, 0.717) is 18.8 Å². The van der Waals surface area contributed by atoms with Crippen LogP contribution >= 0.6 is 0 Å². The van der Waals surface area contributed by atoms with Crippen molar-refractivity contribution < 1.29 is 26.5 Å². The normalized spacial score (nSPS) is 16.9. The third kappa shape index (κ3) is 4.01. The van der Waals surface area contributed by atoms with Gasteiger partial charge in [0.25, 0.3) is 0 Å². The van der Waals surface area contributed by atoms with E-state index in [1.807, 2.05) is 24.3 Å². The highest BCUT2D eigenvalue weighted by Gasteiger charge is 2.34. The van der Waals surface area contributed by atoms with Crippen molar-refractivity contribution in [2.75, 3.05) is 26.2 Å². The first-order chi connectivity index (χ1) is 13.7. The average molecular weight is 421 g/mol. The first kappa shape index (κ1) is 19.9. The summed E-state index contributed by atoms with van der Waals surface area (Å²) < 4.78 is 66.3. The van der Waals surface area contributed by atoms with Crippen LogP contribution in [0.15, 0.2) is 71.6 Å². The molecule has 0 spiro atoms. The Hall–Kier alpha value is -2.42. The van der Waals surface area contributed by atoms with Crippen molar-refractivity contribution in [2.45, 2.75) is 11.1 Å². The molecule has 0 bridgehead atoms. The number of rotatable bonds is 3. The Morgan fingerprint density at radius 2 is 1.52 bits per heavy atom. The molecule has 1 fully saturated rings. The van der Waals surface area contributed by atoms with Crippen LogP contribution in [0.3, 0.4) is 0 Å². The number of alkyl halides is 3. The number of piperazine rings is 1. The number of benzene rings is 3. The van der Waals surface area contributed by atoms with Gasteiger partial charge in [-0.3, -0.25) is 0 Å². The Balaban J connectivity index is 1.51. The van der Waals surface area contributed by atoms with Gasteiger partial charge in [-0.15, -0.1) is 0 Å². The summed E-state index contributed by atoms with van der Waals surface area (Å²) in [5.41, 5.74) is -0.156. The molecule has 1 aliphatic rings. The molecule has 3 aromatic carbocycles. The zero-order chi connectivity index (χ0) is 20.6. The fraction of sp³-hybridized carbons (Fsp3) is 0.238. The van der Waals surface area contributed by atoms with Crippen molar-refractivity contribution in [3.05, 3.63) is 72.3 Å². The number of halogens is 3. The maximum atomic E-state index is 13.0. The van der Waals surface area contributed by atoms with E-state index in [2.05, 4.69) is 0 Å². The molecule has 0 amide bonds. The van der Waals surface area contributed by atoms with Gasteiger partial charge in [-0.2, -0.15) is 17.5 Å². The summed E-state index contributed by atoms with van der Waals surface area (Å²) in [4.78, 5) is 1.08. The maximum absolute atomic E-state index is 13.0.